The van der Waals surface area contributed by atoms with Crippen LogP contribution >= 0.6 is 43.5 Å². The van der Waals surface area contributed by atoms with E-state index in [4.69, 9.17) is 16.3 Å². The van der Waals surface area contributed by atoms with Crippen LogP contribution in [0.2, 0.25) is 5.02 Å². The summed E-state index contributed by atoms with van der Waals surface area (Å²) in [5.41, 5.74) is 0.898. The van der Waals surface area contributed by atoms with E-state index in [1.807, 2.05) is 24.3 Å². The summed E-state index contributed by atoms with van der Waals surface area (Å²) in [7, 11) is 1.54. The molecule has 0 spiro atoms. The van der Waals surface area contributed by atoms with Gasteiger partial charge in [0.05, 0.1) is 5.02 Å². The topological polar surface area (TPSA) is 58.6 Å². The van der Waals surface area contributed by atoms with Crippen LogP contribution in [0.25, 0.3) is 0 Å². The van der Waals surface area contributed by atoms with Crippen molar-refractivity contribution in [2.45, 2.75) is 19.5 Å². The molecular formula is C19H19Br2ClN2O3. The summed E-state index contributed by atoms with van der Waals surface area (Å²) in [6.45, 7) is 1.74. The van der Waals surface area contributed by atoms with Gasteiger partial charge in [-0.3, -0.25) is 9.59 Å². The van der Waals surface area contributed by atoms with Gasteiger partial charge >= 0.3 is 0 Å². The normalized spacial score (nSPS) is 11.6. The van der Waals surface area contributed by atoms with Gasteiger partial charge in [0.1, 0.15) is 11.8 Å². The highest BCUT2D eigenvalue weighted by atomic mass is 79.9. The van der Waals surface area contributed by atoms with E-state index in [0.717, 1.165) is 14.5 Å². The van der Waals surface area contributed by atoms with Crippen LogP contribution < -0.4 is 10.1 Å². The van der Waals surface area contributed by atoms with E-state index < -0.39 is 6.04 Å². The Balaban J connectivity index is 2.15. The number of halogens is 3. The van der Waals surface area contributed by atoms with Crippen molar-refractivity contribution in [3.8, 4) is 5.75 Å². The highest BCUT2D eigenvalue weighted by Crippen LogP contribution is 2.27. The fraction of sp³-hybridized carbons (Fsp3) is 0.263. The quantitative estimate of drug-likeness (QED) is 0.591. The number of amides is 2. The Morgan fingerprint density at radius 1 is 1.19 bits per heavy atom. The summed E-state index contributed by atoms with van der Waals surface area (Å²) in [6, 6.07) is 12.1. The van der Waals surface area contributed by atoms with E-state index >= 15 is 0 Å². The second-order valence-corrected chi connectivity index (χ2v) is 8.04. The lowest BCUT2D eigenvalue weighted by Gasteiger charge is -2.28. The number of likely N-dealkylation sites (N-methyl/N-ethyl adjacent to an activating group) is 1. The fourth-order valence-corrected chi connectivity index (χ4v) is 3.61. The molecule has 0 aliphatic rings. The summed E-state index contributed by atoms with van der Waals surface area (Å²) in [6.07, 6.45) is 0. The van der Waals surface area contributed by atoms with E-state index in [1.165, 1.54) is 4.90 Å². The zero-order chi connectivity index (χ0) is 20.0. The van der Waals surface area contributed by atoms with Crippen molar-refractivity contribution in [3.05, 3.63) is 62.0 Å². The third kappa shape index (κ3) is 6.23. The molecule has 2 aromatic carbocycles. The van der Waals surface area contributed by atoms with Crippen LogP contribution in [0.4, 0.5) is 0 Å². The lowest BCUT2D eigenvalue weighted by atomic mass is 10.1. The smallest absolute Gasteiger partial charge is 0.261 e. The number of nitrogens with zero attached hydrogens (tertiary/aromatic N) is 1. The Hall–Kier alpha value is -1.57. The molecule has 1 atom stereocenters. The third-order valence-electron chi connectivity index (χ3n) is 3.90. The Morgan fingerprint density at radius 3 is 2.52 bits per heavy atom. The number of nitrogens with one attached hydrogen (secondary N) is 1. The van der Waals surface area contributed by atoms with Crippen LogP contribution in [0.1, 0.15) is 12.5 Å². The molecule has 2 rings (SSSR count). The predicted octanol–water partition coefficient (Wildman–Crippen LogP) is 4.41. The van der Waals surface area contributed by atoms with Gasteiger partial charge < -0.3 is 15.0 Å². The van der Waals surface area contributed by atoms with Gasteiger partial charge in [-0.1, -0.05) is 55.6 Å². The van der Waals surface area contributed by atoms with E-state index in [1.54, 1.807) is 32.2 Å². The zero-order valence-electron chi connectivity index (χ0n) is 14.8. The molecule has 0 aliphatic carbocycles. The van der Waals surface area contributed by atoms with Crippen molar-refractivity contribution in [1.82, 2.24) is 10.2 Å². The Morgan fingerprint density at radius 2 is 1.89 bits per heavy atom. The Kier molecular flexibility index (Phi) is 8.13. The Labute approximate surface area is 180 Å². The number of benzene rings is 2. The maximum Gasteiger partial charge on any atom is 0.261 e. The number of carbonyl (C=O) groups excluding carboxylic acids is 2. The fourth-order valence-electron chi connectivity index (χ4n) is 2.44. The molecule has 27 heavy (non-hydrogen) atoms. The molecule has 0 saturated heterocycles. The molecule has 0 aromatic heterocycles. The molecular weight excluding hydrogens is 499 g/mol. The molecule has 144 valence electrons. The minimum absolute atomic E-state index is 0.226. The highest BCUT2D eigenvalue weighted by Gasteiger charge is 2.26. The molecule has 0 aliphatic heterocycles. The van der Waals surface area contributed by atoms with Crippen molar-refractivity contribution in [2.75, 3.05) is 13.7 Å². The van der Waals surface area contributed by atoms with Gasteiger partial charge in [0.25, 0.3) is 5.91 Å². The average molecular weight is 519 g/mol. The van der Waals surface area contributed by atoms with Gasteiger partial charge in [0.2, 0.25) is 5.91 Å². The summed E-state index contributed by atoms with van der Waals surface area (Å²) < 4.78 is 7.29. The lowest BCUT2D eigenvalue weighted by Crippen LogP contribution is -2.48. The first kappa shape index (κ1) is 21.7. The minimum Gasteiger partial charge on any atom is -0.482 e. The molecule has 8 heteroatoms. The molecule has 0 unspecified atom stereocenters. The molecule has 5 nitrogen and oxygen atoms in total. The first-order chi connectivity index (χ1) is 12.8. The average Bonchev–Trinajstić information content (AvgIpc) is 2.64. The van der Waals surface area contributed by atoms with Crippen LogP contribution in [-0.2, 0) is 16.1 Å². The summed E-state index contributed by atoms with van der Waals surface area (Å²) in [5.74, 6) is -0.159. The van der Waals surface area contributed by atoms with Crippen molar-refractivity contribution >= 4 is 55.3 Å². The van der Waals surface area contributed by atoms with Crippen LogP contribution in [0, 0.1) is 0 Å². The zero-order valence-corrected chi connectivity index (χ0v) is 18.8. The van der Waals surface area contributed by atoms with E-state index in [2.05, 4.69) is 37.2 Å². The molecule has 0 fully saturated rings. The molecule has 0 radical (unpaired) electrons. The summed E-state index contributed by atoms with van der Waals surface area (Å²) in [5, 5.41) is 2.98. The van der Waals surface area contributed by atoms with Crippen LogP contribution in [0.15, 0.2) is 51.4 Å². The molecule has 0 heterocycles. The minimum atomic E-state index is -0.648. The van der Waals surface area contributed by atoms with E-state index in [0.29, 0.717) is 10.8 Å². The molecule has 2 amide bonds. The monoisotopic (exact) mass is 516 g/mol. The van der Waals surface area contributed by atoms with Gasteiger partial charge in [0.15, 0.2) is 6.61 Å². The van der Waals surface area contributed by atoms with Gasteiger partial charge in [-0.15, -0.1) is 0 Å². The predicted molar refractivity (Wildman–Crippen MR) is 113 cm³/mol. The van der Waals surface area contributed by atoms with Crippen molar-refractivity contribution in [3.63, 3.8) is 0 Å². The van der Waals surface area contributed by atoms with Gasteiger partial charge in [-0.05, 0) is 42.8 Å². The molecule has 0 saturated carbocycles. The van der Waals surface area contributed by atoms with Crippen LogP contribution in [0.3, 0.4) is 0 Å². The second kappa shape index (κ2) is 10.1. The standard InChI is InChI=1S/C19H19Br2ClN2O3/c1-12(19(26)23-2)24(10-13-4-3-5-14(20)8-13)18(25)11-27-17-7-6-15(21)9-16(17)22/h3-9,12H,10-11H2,1-2H3,(H,23,26)/t12-/m0/s1. The largest absolute Gasteiger partial charge is 0.482 e. The molecule has 0 bridgehead atoms. The van der Waals surface area contributed by atoms with Crippen LogP contribution in [0.5, 0.6) is 5.75 Å². The summed E-state index contributed by atoms with van der Waals surface area (Å²) in [4.78, 5) is 26.4. The second-order valence-electron chi connectivity index (χ2n) is 5.81. The first-order valence-electron chi connectivity index (χ1n) is 8.15. The van der Waals surface area contributed by atoms with Gasteiger partial charge in [-0.2, -0.15) is 0 Å². The number of rotatable bonds is 7. The number of ether oxygens (including phenoxy) is 1. The maximum atomic E-state index is 12.8. The lowest BCUT2D eigenvalue weighted by molar-refractivity contribution is -0.142. The molecule has 2 aromatic rings. The first-order valence-corrected chi connectivity index (χ1v) is 10.1. The SMILES string of the molecule is CNC(=O)[C@H](C)N(Cc1cccc(Br)c1)C(=O)COc1ccc(Br)cc1Cl. The Bertz CT molecular complexity index is 832. The van der Waals surface area contributed by atoms with E-state index in [9.17, 15) is 9.59 Å². The van der Waals surface area contributed by atoms with Gasteiger partial charge in [0, 0.05) is 22.5 Å². The number of hydrogen-bond acceptors (Lipinski definition) is 3. The van der Waals surface area contributed by atoms with Crippen LogP contribution in [-0.4, -0.2) is 36.4 Å². The van der Waals surface area contributed by atoms with Crippen molar-refractivity contribution in [2.24, 2.45) is 0 Å². The van der Waals surface area contributed by atoms with Gasteiger partial charge in [-0.25, -0.2) is 0 Å². The molecule has 1 N–H and O–H groups in total. The summed E-state index contributed by atoms with van der Waals surface area (Å²) >= 11 is 12.9. The maximum absolute atomic E-state index is 12.8. The number of carbonyl (C=O) groups is 2. The van der Waals surface area contributed by atoms with Crippen molar-refractivity contribution in [1.29, 1.82) is 0 Å². The number of hydrogen-bond donors (Lipinski definition) is 1. The van der Waals surface area contributed by atoms with Crippen molar-refractivity contribution < 1.29 is 14.3 Å². The van der Waals surface area contributed by atoms with E-state index in [-0.39, 0.29) is 25.0 Å². The third-order valence-corrected chi connectivity index (χ3v) is 5.18. The highest BCUT2D eigenvalue weighted by molar-refractivity contribution is 9.10.